The molecule has 0 saturated heterocycles. The summed E-state index contributed by atoms with van der Waals surface area (Å²) in [5, 5.41) is 10.9. The smallest absolute Gasteiger partial charge is 0.232 e. The maximum Gasteiger partial charge on any atom is 0.232 e. The first-order valence-electron chi connectivity index (χ1n) is 8.07. The Morgan fingerprint density at radius 2 is 1.96 bits per heavy atom. The van der Waals surface area contributed by atoms with E-state index in [0.717, 1.165) is 16.3 Å². The van der Waals surface area contributed by atoms with Crippen LogP contribution in [0.3, 0.4) is 0 Å². The molecule has 0 fully saturated rings. The van der Waals surface area contributed by atoms with Crippen LogP contribution < -0.4 is 9.62 Å². The molecule has 0 atom stereocenters. The zero-order chi connectivity index (χ0) is 19.2. The quantitative estimate of drug-likeness (QED) is 0.501. The Balaban J connectivity index is 1.93. The van der Waals surface area contributed by atoms with Gasteiger partial charge in [0.25, 0.3) is 0 Å². The molecule has 0 unspecified atom stereocenters. The lowest BCUT2D eigenvalue weighted by Crippen LogP contribution is -2.31. The van der Waals surface area contributed by atoms with Gasteiger partial charge in [-0.15, -0.1) is 10.2 Å². The molecule has 2 rings (SSSR count). The fourth-order valence-corrected chi connectivity index (χ4v) is 4.44. The predicted octanol–water partition coefficient (Wildman–Crippen LogP) is 3.01. The summed E-state index contributed by atoms with van der Waals surface area (Å²) >= 11 is 2.77. The predicted molar refractivity (Wildman–Crippen MR) is 108 cm³/mol. The van der Waals surface area contributed by atoms with Gasteiger partial charge in [0.05, 0.1) is 11.9 Å². The molecule has 0 aliphatic heterocycles. The van der Waals surface area contributed by atoms with Gasteiger partial charge in [-0.2, -0.15) is 0 Å². The number of nitrogens with zero attached hydrogens (tertiary/aromatic N) is 3. The zero-order valence-electron chi connectivity index (χ0n) is 14.9. The van der Waals surface area contributed by atoms with Crippen molar-refractivity contribution in [3.05, 3.63) is 29.8 Å². The van der Waals surface area contributed by atoms with Crippen molar-refractivity contribution in [3.63, 3.8) is 0 Å². The van der Waals surface area contributed by atoms with Crippen LogP contribution in [0.1, 0.15) is 25.3 Å². The van der Waals surface area contributed by atoms with Gasteiger partial charge < -0.3 is 5.32 Å². The minimum Gasteiger partial charge on any atom is -0.301 e. The van der Waals surface area contributed by atoms with Crippen LogP contribution >= 0.6 is 23.1 Å². The van der Waals surface area contributed by atoms with E-state index >= 15 is 0 Å². The molecule has 0 aliphatic rings. The molecule has 0 radical (unpaired) electrons. The molecule has 1 aromatic carbocycles. The molecule has 7 nitrogen and oxygen atoms in total. The molecule has 2 aromatic rings. The molecule has 1 heterocycles. The third-order valence-corrected chi connectivity index (χ3v) is 6.63. The van der Waals surface area contributed by atoms with Crippen molar-refractivity contribution in [1.82, 2.24) is 10.2 Å². The van der Waals surface area contributed by atoms with E-state index in [0.29, 0.717) is 17.2 Å². The first kappa shape index (κ1) is 20.7. The number of anilines is 2. The van der Waals surface area contributed by atoms with Crippen LogP contribution in [-0.4, -0.2) is 43.6 Å². The standard InChI is InChI=1S/C16H22N4O3S3/c1-4-12-7-9-13(10-8-12)20(26(3,22)23)11-5-6-14(21)17-15-18-19-16(24-2)25-15/h7-10H,4-6,11H2,1-3H3,(H,17,18,21). The molecule has 10 heteroatoms. The van der Waals surface area contributed by atoms with Crippen molar-refractivity contribution in [2.75, 3.05) is 28.7 Å². The van der Waals surface area contributed by atoms with Crippen molar-refractivity contribution in [3.8, 4) is 0 Å². The van der Waals surface area contributed by atoms with Crippen molar-refractivity contribution in [2.45, 2.75) is 30.5 Å². The molecule has 0 bridgehead atoms. The second-order valence-corrected chi connectivity index (χ2v) is 9.52. The number of benzene rings is 1. The number of hydrogen-bond acceptors (Lipinski definition) is 7. The van der Waals surface area contributed by atoms with Crippen LogP contribution in [0.15, 0.2) is 28.6 Å². The van der Waals surface area contributed by atoms with E-state index in [1.54, 1.807) is 12.1 Å². The second-order valence-electron chi connectivity index (χ2n) is 5.58. The lowest BCUT2D eigenvalue weighted by molar-refractivity contribution is -0.116. The number of rotatable bonds is 9. The molecule has 1 N–H and O–H groups in total. The van der Waals surface area contributed by atoms with Gasteiger partial charge in [0.15, 0.2) is 4.34 Å². The summed E-state index contributed by atoms with van der Waals surface area (Å²) < 4.78 is 26.3. The number of aryl methyl sites for hydroxylation is 1. The fourth-order valence-electron chi connectivity index (χ4n) is 2.29. The van der Waals surface area contributed by atoms with E-state index in [4.69, 9.17) is 0 Å². The molecular weight excluding hydrogens is 392 g/mol. The maximum absolute atomic E-state index is 12.1. The third-order valence-electron chi connectivity index (χ3n) is 3.63. The highest BCUT2D eigenvalue weighted by Crippen LogP contribution is 2.23. The van der Waals surface area contributed by atoms with E-state index in [2.05, 4.69) is 15.5 Å². The second kappa shape index (κ2) is 9.33. The summed E-state index contributed by atoms with van der Waals surface area (Å²) in [5.74, 6) is -0.205. The van der Waals surface area contributed by atoms with E-state index in [-0.39, 0.29) is 18.9 Å². The largest absolute Gasteiger partial charge is 0.301 e. The molecule has 0 aliphatic carbocycles. The summed E-state index contributed by atoms with van der Waals surface area (Å²) in [6, 6.07) is 7.42. The Hall–Kier alpha value is -1.65. The van der Waals surface area contributed by atoms with Crippen molar-refractivity contribution in [2.24, 2.45) is 0 Å². The van der Waals surface area contributed by atoms with E-state index in [9.17, 15) is 13.2 Å². The van der Waals surface area contributed by atoms with Crippen LogP contribution in [0.5, 0.6) is 0 Å². The number of sulfonamides is 1. The number of aromatic nitrogens is 2. The SMILES string of the molecule is CCc1ccc(N(CCCC(=O)Nc2nnc(SC)s2)S(C)(=O)=O)cc1. The number of hydrogen-bond donors (Lipinski definition) is 1. The van der Waals surface area contributed by atoms with Gasteiger partial charge >= 0.3 is 0 Å². The van der Waals surface area contributed by atoms with Crippen molar-refractivity contribution >= 4 is 49.8 Å². The molecular formula is C16H22N4O3S3. The lowest BCUT2D eigenvalue weighted by atomic mass is 10.1. The molecule has 142 valence electrons. The van der Waals surface area contributed by atoms with Gasteiger partial charge in [0.1, 0.15) is 0 Å². The molecule has 26 heavy (non-hydrogen) atoms. The summed E-state index contributed by atoms with van der Waals surface area (Å²) in [4.78, 5) is 12.0. The number of thioether (sulfide) groups is 1. The lowest BCUT2D eigenvalue weighted by Gasteiger charge is -2.22. The minimum atomic E-state index is -3.42. The molecule has 0 spiro atoms. The zero-order valence-corrected chi connectivity index (χ0v) is 17.4. The highest BCUT2D eigenvalue weighted by atomic mass is 32.2. The van der Waals surface area contributed by atoms with Crippen LogP contribution in [0.4, 0.5) is 10.8 Å². The monoisotopic (exact) mass is 414 g/mol. The van der Waals surface area contributed by atoms with Gasteiger partial charge in [-0.1, -0.05) is 42.2 Å². The van der Waals surface area contributed by atoms with E-state index < -0.39 is 10.0 Å². The normalized spacial score (nSPS) is 11.3. The third kappa shape index (κ3) is 5.96. The number of amides is 1. The fraction of sp³-hybridized carbons (Fsp3) is 0.438. The summed E-state index contributed by atoms with van der Waals surface area (Å²) in [6.07, 6.45) is 4.56. The van der Waals surface area contributed by atoms with Gasteiger partial charge in [0.2, 0.25) is 21.1 Å². The number of carbonyl (C=O) groups excluding carboxylic acids is 1. The Labute approximate surface area is 162 Å². The van der Waals surface area contributed by atoms with Crippen LogP contribution in [-0.2, 0) is 21.2 Å². The van der Waals surface area contributed by atoms with Crippen LogP contribution in [0.2, 0.25) is 0 Å². The van der Waals surface area contributed by atoms with Gasteiger partial charge in [0, 0.05) is 13.0 Å². The summed E-state index contributed by atoms with van der Waals surface area (Å²) in [5.41, 5.74) is 1.75. The number of carbonyl (C=O) groups is 1. The van der Waals surface area contributed by atoms with Crippen LogP contribution in [0, 0.1) is 0 Å². The van der Waals surface area contributed by atoms with Gasteiger partial charge in [-0.25, -0.2) is 8.42 Å². The van der Waals surface area contributed by atoms with Gasteiger partial charge in [-0.3, -0.25) is 9.10 Å². The topological polar surface area (TPSA) is 92.3 Å². The molecule has 1 amide bonds. The highest BCUT2D eigenvalue weighted by Gasteiger charge is 2.18. The Bertz CT molecular complexity index is 835. The highest BCUT2D eigenvalue weighted by molar-refractivity contribution is 8.00. The first-order valence-corrected chi connectivity index (χ1v) is 12.0. The summed E-state index contributed by atoms with van der Waals surface area (Å²) in [7, 11) is -3.42. The summed E-state index contributed by atoms with van der Waals surface area (Å²) in [6.45, 7) is 2.28. The average molecular weight is 415 g/mol. The Morgan fingerprint density at radius 1 is 1.27 bits per heavy atom. The first-order chi connectivity index (χ1) is 12.3. The van der Waals surface area contributed by atoms with E-state index in [1.165, 1.54) is 33.7 Å². The minimum absolute atomic E-state index is 0.202. The molecule has 0 saturated carbocycles. The Kier molecular flexibility index (Phi) is 7.42. The van der Waals surface area contributed by atoms with Crippen molar-refractivity contribution < 1.29 is 13.2 Å². The number of nitrogens with one attached hydrogen (secondary N) is 1. The molecule has 1 aromatic heterocycles. The Morgan fingerprint density at radius 3 is 2.50 bits per heavy atom. The average Bonchev–Trinajstić information content (AvgIpc) is 3.05. The van der Waals surface area contributed by atoms with Crippen molar-refractivity contribution in [1.29, 1.82) is 0 Å². The maximum atomic E-state index is 12.1. The van der Waals surface area contributed by atoms with Crippen LogP contribution in [0.25, 0.3) is 0 Å². The van der Waals surface area contributed by atoms with Gasteiger partial charge in [-0.05, 0) is 36.8 Å². The van der Waals surface area contributed by atoms with E-state index in [1.807, 2.05) is 25.3 Å².